The summed E-state index contributed by atoms with van der Waals surface area (Å²) in [6.07, 6.45) is -0.686. The number of rotatable bonds is 11. The molecule has 11 heteroatoms. The fourth-order valence-electron chi connectivity index (χ4n) is 5.12. The summed E-state index contributed by atoms with van der Waals surface area (Å²) >= 11 is 12.8. The molecule has 0 aliphatic carbocycles. The van der Waals surface area contributed by atoms with Crippen molar-refractivity contribution in [3.05, 3.63) is 99.0 Å². The Labute approximate surface area is 247 Å². The van der Waals surface area contributed by atoms with Crippen molar-refractivity contribution in [2.75, 3.05) is 19.8 Å². The molecule has 0 saturated carbocycles. The Morgan fingerprint density at radius 3 is 2.49 bits per heavy atom. The lowest BCUT2D eigenvalue weighted by Gasteiger charge is -2.46. The first-order chi connectivity index (χ1) is 19.6. The topological polar surface area (TPSA) is 136 Å². The fourth-order valence-corrected chi connectivity index (χ4v) is 5.64. The van der Waals surface area contributed by atoms with E-state index in [1.165, 1.54) is 17.9 Å². The van der Waals surface area contributed by atoms with Gasteiger partial charge in [-0.1, -0.05) is 59.6 Å². The van der Waals surface area contributed by atoms with E-state index < -0.39 is 49.2 Å². The summed E-state index contributed by atoms with van der Waals surface area (Å²) in [4.78, 5) is 39.9. The molecule has 4 N–H and O–H groups in total. The number of hydrogen-bond acceptors (Lipinski definition) is 6. The van der Waals surface area contributed by atoms with Gasteiger partial charge in [0.15, 0.2) is 6.61 Å². The molecule has 1 aliphatic heterocycles. The van der Waals surface area contributed by atoms with Crippen LogP contribution >= 0.6 is 23.2 Å². The van der Waals surface area contributed by atoms with Crippen molar-refractivity contribution in [1.82, 2.24) is 10.2 Å². The minimum Gasteiger partial charge on any atom is -0.482 e. The first-order valence-corrected chi connectivity index (χ1v) is 13.7. The summed E-state index contributed by atoms with van der Waals surface area (Å²) in [5.74, 6) is -2.44. The maximum absolute atomic E-state index is 14.0. The van der Waals surface area contributed by atoms with Gasteiger partial charge in [0.05, 0.1) is 30.7 Å². The highest BCUT2D eigenvalue weighted by atomic mass is 35.5. The van der Waals surface area contributed by atoms with Crippen molar-refractivity contribution in [2.45, 2.75) is 37.5 Å². The molecule has 0 radical (unpaired) electrons. The first-order valence-electron chi connectivity index (χ1n) is 13.0. The van der Waals surface area contributed by atoms with Crippen molar-refractivity contribution in [3.63, 3.8) is 0 Å². The van der Waals surface area contributed by atoms with Crippen molar-refractivity contribution < 1.29 is 34.4 Å². The molecule has 0 fully saturated rings. The normalized spacial score (nSPS) is 17.9. The Morgan fingerprint density at radius 1 is 1.05 bits per heavy atom. The summed E-state index contributed by atoms with van der Waals surface area (Å²) in [5.41, 5.74) is 2.05. The van der Waals surface area contributed by atoms with Gasteiger partial charge in [0.2, 0.25) is 5.91 Å². The van der Waals surface area contributed by atoms with Crippen LogP contribution in [0, 0.1) is 0 Å². The van der Waals surface area contributed by atoms with Crippen molar-refractivity contribution in [2.24, 2.45) is 0 Å². The van der Waals surface area contributed by atoms with Crippen LogP contribution in [-0.2, 0) is 16.0 Å². The van der Waals surface area contributed by atoms with Gasteiger partial charge in [-0.3, -0.25) is 9.59 Å². The second-order valence-electron chi connectivity index (χ2n) is 9.75. The van der Waals surface area contributed by atoms with Crippen molar-refractivity contribution in [1.29, 1.82) is 0 Å². The number of carbonyl (C=O) groups excluding carboxylic acids is 2. The maximum atomic E-state index is 14.0. The lowest BCUT2D eigenvalue weighted by atomic mass is 9.78. The number of nitrogens with one attached hydrogen (secondary N) is 1. The highest BCUT2D eigenvalue weighted by molar-refractivity contribution is 6.35. The average molecular weight is 601 g/mol. The Balaban J connectivity index is 1.69. The molecule has 3 aromatic carbocycles. The van der Waals surface area contributed by atoms with Crippen molar-refractivity contribution >= 4 is 41.0 Å². The molecular formula is C30H30Cl2N2O7. The van der Waals surface area contributed by atoms with E-state index in [0.29, 0.717) is 28.3 Å². The molecular weight excluding hydrogens is 571 g/mol. The molecule has 0 aromatic heterocycles. The number of aliphatic carboxylic acids is 1. The van der Waals surface area contributed by atoms with E-state index in [9.17, 15) is 24.6 Å². The van der Waals surface area contributed by atoms with Gasteiger partial charge in [0.25, 0.3) is 5.91 Å². The molecule has 41 heavy (non-hydrogen) atoms. The number of aliphatic hydroxyl groups excluding tert-OH is 2. The number of hydrogen-bond donors (Lipinski definition) is 4. The van der Waals surface area contributed by atoms with Gasteiger partial charge >= 0.3 is 5.97 Å². The summed E-state index contributed by atoms with van der Waals surface area (Å²) in [6.45, 7) is 0.696. The number of nitrogens with zero attached hydrogens (tertiary/aromatic N) is 1. The zero-order chi connectivity index (χ0) is 29.7. The highest BCUT2D eigenvalue weighted by Gasteiger charge is 2.48. The van der Waals surface area contributed by atoms with Gasteiger partial charge in [-0.05, 0) is 60.4 Å². The van der Waals surface area contributed by atoms with Crippen molar-refractivity contribution in [3.8, 4) is 5.75 Å². The van der Waals surface area contributed by atoms with Crippen LogP contribution in [0.5, 0.6) is 5.75 Å². The van der Waals surface area contributed by atoms with E-state index in [1.807, 2.05) is 6.07 Å². The number of halogens is 2. The number of carboxylic acids is 1. The van der Waals surface area contributed by atoms with Gasteiger partial charge < -0.3 is 30.3 Å². The van der Waals surface area contributed by atoms with Crippen LogP contribution in [0.2, 0.25) is 10.0 Å². The molecule has 1 heterocycles. The van der Waals surface area contributed by atoms with Crippen LogP contribution in [0.1, 0.15) is 45.9 Å². The lowest BCUT2D eigenvalue weighted by molar-refractivity contribution is -0.139. The monoisotopic (exact) mass is 600 g/mol. The average Bonchev–Trinajstić information content (AvgIpc) is 2.93. The van der Waals surface area contributed by atoms with Gasteiger partial charge in [-0.25, -0.2) is 4.79 Å². The number of amides is 2. The molecule has 2 amide bonds. The minimum absolute atomic E-state index is 0.231. The molecule has 4 atom stereocenters. The summed E-state index contributed by atoms with van der Waals surface area (Å²) in [7, 11) is 0. The fraction of sp³-hybridized carbons (Fsp3) is 0.300. The minimum atomic E-state index is -1.11. The molecule has 4 rings (SSSR count). The highest BCUT2D eigenvalue weighted by Crippen LogP contribution is 2.46. The van der Waals surface area contributed by atoms with E-state index in [1.54, 1.807) is 54.6 Å². The number of ether oxygens (including phenoxy) is 1. The van der Waals surface area contributed by atoms with Gasteiger partial charge in [0, 0.05) is 22.2 Å². The quantitative estimate of drug-likeness (QED) is 0.262. The zero-order valence-electron chi connectivity index (χ0n) is 22.2. The summed E-state index contributed by atoms with van der Waals surface area (Å²) < 4.78 is 5.24. The molecule has 9 nitrogen and oxygen atoms in total. The molecule has 0 spiro atoms. The first kappa shape index (κ1) is 30.3. The third-order valence-corrected chi connectivity index (χ3v) is 7.58. The van der Waals surface area contributed by atoms with Gasteiger partial charge in [-0.15, -0.1) is 0 Å². The third kappa shape index (κ3) is 6.82. The SMILES string of the molecule is C[C@H](O)[C@H](CO)N1C(=O)c2ccccc2[C@H](C(=O)NCCc2cccc(OCC(=O)O)c2)[C@H]1c1ccc(Cl)cc1Cl. The predicted octanol–water partition coefficient (Wildman–Crippen LogP) is 3.84. The lowest BCUT2D eigenvalue weighted by Crippen LogP contribution is -2.55. The van der Waals surface area contributed by atoms with E-state index in [-0.39, 0.29) is 23.0 Å². The van der Waals surface area contributed by atoms with E-state index >= 15 is 0 Å². The van der Waals surface area contributed by atoms with Crippen LogP contribution in [0.15, 0.2) is 66.7 Å². The number of carboxylic acid groups (broad SMARTS) is 1. The Bertz CT molecular complexity index is 1430. The Morgan fingerprint density at radius 2 is 1.80 bits per heavy atom. The molecule has 0 saturated heterocycles. The van der Waals surface area contributed by atoms with Crippen LogP contribution in [0.3, 0.4) is 0 Å². The number of fused-ring (bicyclic) bond motifs is 1. The van der Waals surface area contributed by atoms with Crippen LogP contribution in [-0.4, -0.2) is 69.9 Å². The smallest absolute Gasteiger partial charge is 0.341 e. The third-order valence-electron chi connectivity index (χ3n) is 7.01. The predicted molar refractivity (Wildman–Crippen MR) is 153 cm³/mol. The van der Waals surface area contributed by atoms with Gasteiger partial charge in [0.1, 0.15) is 5.75 Å². The standard InChI is InChI=1S/C30H30Cl2N2O7/c1-17(36)25(15-35)34-28(23-10-9-19(31)14-24(23)32)27(21-7-2-3-8-22(21)30(34)40)29(39)33-12-11-18-5-4-6-20(13-18)41-16-26(37)38/h2-10,13-14,17,25,27-28,35-36H,11-12,15-16H2,1H3,(H,33,39)(H,37,38)/t17-,25-,27-,28+/m0/s1. The Kier molecular flexibility index (Phi) is 9.88. The summed E-state index contributed by atoms with van der Waals surface area (Å²) in [5, 5.41) is 33.2. The second kappa shape index (κ2) is 13.4. The Hall–Kier alpha value is -3.63. The largest absolute Gasteiger partial charge is 0.482 e. The molecule has 0 unspecified atom stereocenters. The van der Waals surface area contributed by atoms with Crippen LogP contribution in [0.25, 0.3) is 0 Å². The number of aliphatic hydroxyl groups is 2. The molecule has 0 bridgehead atoms. The van der Waals surface area contributed by atoms with E-state index in [0.717, 1.165) is 5.56 Å². The maximum Gasteiger partial charge on any atom is 0.341 e. The van der Waals surface area contributed by atoms with Gasteiger partial charge in [-0.2, -0.15) is 0 Å². The molecule has 216 valence electrons. The molecule has 1 aliphatic rings. The van der Waals surface area contributed by atoms with E-state index in [4.69, 9.17) is 33.0 Å². The number of benzene rings is 3. The molecule has 3 aromatic rings. The number of carbonyl (C=O) groups is 3. The van der Waals surface area contributed by atoms with Crippen LogP contribution in [0.4, 0.5) is 0 Å². The van der Waals surface area contributed by atoms with E-state index in [2.05, 4.69) is 5.32 Å². The second-order valence-corrected chi connectivity index (χ2v) is 10.6. The summed E-state index contributed by atoms with van der Waals surface area (Å²) in [6, 6.07) is 16.5. The zero-order valence-corrected chi connectivity index (χ0v) is 23.7. The van der Waals surface area contributed by atoms with Crippen LogP contribution < -0.4 is 10.1 Å².